The fourth-order valence-electron chi connectivity index (χ4n) is 1.70. The largest absolute Gasteiger partial charge is 0.473 e. The molecule has 19 heavy (non-hydrogen) atoms. The molecule has 0 saturated heterocycles. The Balaban J connectivity index is 1.93. The highest BCUT2D eigenvalue weighted by Crippen LogP contribution is 2.24. The minimum absolute atomic E-state index is 0.601. The lowest BCUT2D eigenvalue weighted by molar-refractivity contribution is -0.670. The number of aromatic nitrogens is 1. The lowest BCUT2D eigenvalue weighted by Crippen LogP contribution is -2.33. The number of nitrogens with zero attached hydrogens (tertiary/aromatic N) is 2. The molecule has 1 aromatic heterocycles. The summed E-state index contributed by atoms with van der Waals surface area (Å²) in [5.41, 5.74) is 1.05. The van der Waals surface area contributed by atoms with E-state index in [1.807, 2.05) is 46.6 Å². The Labute approximate surface area is 118 Å². The van der Waals surface area contributed by atoms with Crippen molar-refractivity contribution in [2.75, 3.05) is 11.6 Å². The first kappa shape index (κ1) is 14.0. The number of nitrogens with one attached hydrogen (secondary N) is 1. The first-order chi connectivity index (χ1) is 9.31. The Morgan fingerprint density at radius 2 is 2.37 bits per heavy atom. The Hall–Kier alpha value is -1.46. The van der Waals surface area contributed by atoms with Crippen LogP contribution in [0, 0.1) is 0 Å². The van der Waals surface area contributed by atoms with Gasteiger partial charge in [0.15, 0.2) is 12.4 Å². The number of hydrogen-bond acceptors (Lipinski definition) is 4. The molecular formula is C14H20N3OS+. The molecule has 0 unspecified atom stereocenters. The van der Waals surface area contributed by atoms with Gasteiger partial charge in [0.05, 0.1) is 5.41 Å². The smallest absolute Gasteiger partial charge is 0.217 e. The third-order valence-electron chi connectivity index (χ3n) is 2.66. The molecule has 2 rings (SSSR count). The summed E-state index contributed by atoms with van der Waals surface area (Å²) < 4.78 is 7.78. The van der Waals surface area contributed by atoms with Gasteiger partial charge < -0.3 is 4.74 Å². The molecule has 5 heteroatoms. The molecule has 1 N–H and O–H groups in total. The van der Waals surface area contributed by atoms with Gasteiger partial charge in [-0.1, -0.05) is 25.5 Å². The zero-order valence-electron chi connectivity index (χ0n) is 11.4. The highest BCUT2D eigenvalue weighted by molar-refractivity contribution is 8.00. The Morgan fingerprint density at radius 3 is 3.16 bits per heavy atom. The van der Waals surface area contributed by atoms with E-state index in [-0.39, 0.29) is 0 Å². The van der Waals surface area contributed by atoms with Crippen LogP contribution in [0.2, 0.25) is 0 Å². The van der Waals surface area contributed by atoms with Crippen LogP contribution >= 0.6 is 11.9 Å². The standard InChI is InChI=1S/C14H20N3OS/c1-3-4-5-6-10-18-14-12-19-15-17(14)13-8-7-9-16(2)11-13/h5-9,11-12,15H,3-4,10H2,1-2H3/q+1/b6-5-. The minimum Gasteiger partial charge on any atom is -0.473 e. The van der Waals surface area contributed by atoms with E-state index >= 15 is 0 Å². The van der Waals surface area contributed by atoms with Crippen LogP contribution < -0.4 is 14.4 Å². The molecule has 1 aliphatic rings. The summed E-state index contributed by atoms with van der Waals surface area (Å²) >= 11 is 1.51. The maximum absolute atomic E-state index is 5.76. The molecule has 0 bridgehead atoms. The molecule has 102 valence electrons. The summed E-state index contributed by atoms with van der Waals surface area (Å²) in [5.74, 6) is 0.831. The summed E-state index contributed by atoms with van der Waals surface area (Å²) in [4.78, 5) is 3.20. The second kappa shape index (κ2) is 7.21. The van der Waals surface area contributed by atoms with Crippen LogP contribution in [0.4, 0.5) is 5.69 Å². The van der Waals surface area contributed by atoms with Gasteiger partial charge in [0, 0.05) is 6.07 Å². The van der Waals surface area contributed by atoms with Gasteiger partial charge in [-0.3, -0.25) is 0 Å². The molecule has 0 fully saturated rings. The molecule has 0 spiro atoms. The van der Waals surface area contributed by atoms with Gasteiger partial charge in [-0.05, 0) is 24.4 Å². The predicted molar refractivity (Wildman–Crippen MR) is 78.9 cm³/mol. The average molecular weight is 278 g/mol. The number of pyridine rings is 1. The first-order valence-corrected chi connectivity index (χ1v) is 7.34. The van der Waals surface area contributed by atoms with Crippen molar-refractivity contribution in [2.45, 2.75) is 19.8 Å². The molecule has 0 amide bonds. The van der Waals surface area contributed by atoms with Crippen molar-refractivity contribution >= 4 is 17.6 Å². The minimum atomic E-state index is 0.601. The quantitative estimate of drug-likeness (QED) is 0.492. The maximum Gasteiger partial charge on any atom is 0.217 e. The van der Waals surface area contributed by atoms with Gasteiger partial charge in [-0.15, -0.1) is 0 Å². The fourth-order valence-corrected chi connectivity index (χ4v) is 2.32. The number of ether oxygens (including phenoxy) is 1. The van der Waals surface area contributed by atoms with E-state index in [0.717, 1.165) is 18.0 Å². The number of unbranched alkanes of at least 4 members (excludes halogenated alkanes) is 1. The zero-order chi connectivity index (χ0) is 13.5. The Kier molecular flexibility index (Phi) is 5.30. The van der Waals surface area contributed by atoms with Gasteiger partial charge >= 0.3 is 0 Å². The average Bonchev–Trinajstić information content (AvgIpc) is 2.87. The van der Waals surface area contributed by atoms with E-state index in [0.29, 0.717) is 6.61 Å². The van der Waals surface area contributed by atoms with Crippen molar-refractivity contribution in [2.24, 2.45) is 7.05 Å². The van der Waals surface area contributed by atoms with Crippen LogP contribution in [0.1, 0.15) is 19.8 Å². The summed E-state index contributed by atoms with van der Waals surface area (Å²) in [6.45, 7) is 2.77. The van der Waals surface area contributed by atoms with E-state index in [1.54, 1.807) is 0 Å². The van der Waals surface area contributed by atoms with Gasteiger partial charge in [0.25, 0.3) is 0 Å². The molecule has 0 radical (unpaired) electrons. The fraction of sp³-hybridized carbons (Fsp3) is 0.357. The van der Waals surface area contributed by atoms with Gasteiger partial charge in [-0.25, -0.2) is 9.58 Å². The van der Waals surface area contributed by atoms with E-state index < -0.39 is 0 Å². The lowest BCUT2D eigenvalue weighted by atomic mass is 10.3. The normalized spacial score (nSPS) is 15.1. The molecule has 0 aromatic carbocycles. The van der Waals surface area contributed by atoms with Crippen LogP contribution in [0.3, 0.4) is 0 Å². The van der Waals surface area contributed by atoms with Gasteiger partial charge in [-0.2, -0.15) is 4.83 Å². The van der Waals surface area contributed by atoms with E-state index in [9.17, 15) is 0 Å². The highest BCUT2D eigenvalue weighted by Gasteiger charge is 2.20. The number of hydrazine groups is 1. The van der Waals surface area contributed by atoms with Crippen LogP contribution in [-0.4, -0.2) is 6.61 Å². The number of hydrogen-bond donors (Lipinski definition) is 1. The van der Waals surface area contributed by atoms with Crippen molar-refractivity contribution in [3.05, 3.63) is 48.0 Å². The summed E-state index contributed by atoms with van der Waals surface area (Å²) in [6, 6.07) is 4.06. The lowest BCUT2D eigenvalue weighted by Gasteiger charge is -2.19. The van der Waals surface area contributed by atoms with Crippen molar-refractivity contribution in [1.29, 1.82) is 0 Å². The second-order valence-electron chi connectivity index (χ2n) is 4.30. The van der Waals surface area contributed by atoms with Crippen LogP contribution in [0.15, 0.2) is 48.0 Å². The molecule has 0 atom stereocenters. The van der Waals surface area contributed by atoms with Crippen molar-refractivity contribution in [1.82, 2.24) is 4.83 Å². The van der Waals surface area contributed by atoms with E-state index in [1.165, 1.54) is 18.4 Å². The van der Waals surface area contributed by atoms with Crippen molar-refractivity contribution < 1.29 is 9.30 Å². The topological polar surface area (TPSA) is 28.4 Å². The number of allylic oxidation sites excluding steroid dienone is 1. The first-order valence-electron chi connectivity index (χ1n) is 6.46. The SMILES string of the molecule is CCC/C=C\COC1=CSNN1c1ccc[n+](C)c1. The van der Waals surface area contributed by atoms with Gasteiger partial charge in [0.2, 0.25) is 5.88 Å². The zero-order valence-corrected chi connectivity index (χ0v) is 12.2. The number of rotatable bonds is 6. The summed E-state index contributed by atoms with van der Waals surface area (Å²) in [5, 5.41) is 3.92. The number of anilines is 1. The maximum atomic E-state index is 5.76. The van der Waals surface area contributed by atoms with E-state index in [4.69, 9.17) is 4.74 Å². The molecule has 0 saturated carbocycles. The number of aryl methyl sites for hydroxylation is 1. The predicted octanol–water partition coefficient (Wildman–Crippen LogP) is 2.66. The molecule has 1 aliphatic heterocycles. The summed E-state index contributed by atoms with van der Waals surface area (Å²) in [7, 11) is 2.00. The summed E-state index contributed by atoms with van der Waals surface area (Å²) in [6.07, 6.45) is 10.5. The third kappa shape index (κ3) is 4.01. The molecular weight excluding hydrogens is 258 g/mol. The molecule has 2 heterocycles. The van der Waals surface area contributed by atoms with Crippen molar-refractivity contribution in [3.63, 3.8) is 0 Å². The monoisotopic (exact) mass is 278 g/mol. The van der Waals surface area contributed by atoms with Crippen LogP contribution in [0.5, 0.6) is 0 Å². The highest BCUT2D eigenvalue weighted by atomic mass is 32.2. The Morgan fingerprint density at radius 1 is 1.47 bits per heavy atom. The van der Waals surface area contributed by atoms with Crippen molar-refractivity contribution in [3.8, 4) is 0 Å². The van der Waals surface area contributed by atoms with Crippen LogP contribution in [0.25, 0.3) is 0 Å². The van der Waals surface area contributed by atoms with E-state index in [2.05, 4.69) is 23.9 Å². The Bertz CT molecular complexity index is 474. The third-order valence-corrected chi connectivity index (χ3v) is 3.26. The molecule has 1 aromatic rings. The second-order valence-corrected chi connectivity index (χ2v) is 4.95. The van der Waals surface area contributed by atoms with Gasteiger partial charge in [0.1, 0.15) is 19.3 Å². The van der Waals surface area contributed by atoms with Crippen LogP contribution in [-0.2, 0) is 11.8 Å². The molecule has 0 aliphatic carbocycles. The molecule has 4 nitrogen and oxygen atoms in total.